The quantitative estimate of drug-likeness (QED) is 0.387. The SMILES string of the molecule is O=C(CN1C(=O)S/C(=C/c2cc(Br)ccc2OCc2ccc3ccccc3c2)C1=O)N1CCOCC1. The number of imide groups is 1. The molecule has 0 saturated carbocycles. The van der Waals surface area contributed by atoms with Crippen LogP contribution in [0.15, 0.2) is 70.0 Å². The van der Waals surface area contributed by atoms with Crippen LogP contribution in [0.1, 0.15) is 11.1 Å². The molecule has 0 N–H and O–H groups in total. The minimum Gasteiger partial charge on any atom is -0.488 e. The molecule has 3 aromatic rings. The van der Waals surface area contributed by atoms with Crippen molar-refractivity contribution in [2.75, 3.05) is 32.8 Å². The van der Waals surface area contributed by atoms with Gasteiger partial charge < -0.3 is 14.4 Å². The molecule has 0 radical (unpaired) electrons. The van der Waals surface area contributed by atoms with Gasteiger partial charge in [0.1, 0.15) is 18.9 Å². The van der Waals surface area contributed by atoms with Gasteiger partial charge in [0, 0.05) is 23.1 Å². The third-order valence-electron chi connectivity index (χ3n) is 6.00. The Kier molecular flexibility index (Phi) is 7.41. The van der Waals surface area contributed by atoms with Gasteiger partial charge in [-0.05, 0) is 58.4 Å². The summed E-state index contributed by atoms with van der Waals surface area (Å²) in [7, 11) is 0. The summed E-state index contributed by atoms with van der Waals surface area (Å²) in [5.41, 5.74) is 1.68. The number of fused-ring (bicyclic) bond motifs is 1. The molecule has 0 aliphatic carbocycles. The van der Waals surface area contributed by atoms with Crippen molar-refractivity contribution in [2.24, 2.45) is 0 Å². The molecule has 3 aromatic carbocycles. The number of ether oxygens (including phenoxy) is 2. The van der Waals surface area contributed by atoms with E-state index in [-0.39, 0.29) is 17.4 Å². The average molecular weight is 567 g/mol. The van der Waals surface area contributed by atoms with E-state index in [9.17, 15) is 14.4 Å². The fraction of sp³-hybridized carbons (Fsp3) is 0.222. The second kappa shape index (κ2) is 10.9. The summed E-state index contributed by atoms with van der Waals surface area (Å²) >= 11 is 4.30. The molecule has 2 fully saturated rings. The van der Waals surface area contributed by atoms with Crippen LogP contribution in [0.4, 0.5) is 4.79 Å². The van der Waals surface area contributed by atoms with Crippen LogP contribution in [0.25, 0.3) is 16.8 Å². The van der Waals surface area contributed by atoms with Gasteiger partial charge in [0.05, 0.1) is 18.1 Å². The van der Waals surface area contributed by atoms with E-state index >= 15 is 0 Å². The predicted octanol–water partition coefficient (Wildman–Crippen LogP) is 5.08. The second-order valence-electron chi connectivity index (χ2n) is 8.41. The first-order valence-electron chi connectivity index (χ1n) is 11.5. The monoisotopic (exact) mass is 566 g/mol. The van der Waals surface area contributed by atoms with Crippen LogP contribution in [0, 0.1) is 0 Å². The number of halogens is 1. The number of thioether (sulfide) groups is 1. The van der Waals surface area contributed by atoms with Gasteiger partial charge in [-0.1, -0.05) is 52.3 Å². The van der Waals surface area contributed by atoms with Crippen molar-refractivity contribution in [3.05, 3.63) is 81.2 Å². The summed E-state index contributed by atoms with van der Waals surface area (Å²) in [5, 5.41) is 1.84. The Morgan fingerprint density at radius 1 is 1.03 bits per heavy atom. The predicted molar refractivity (Wildman–Crippen MR) is 142 cm³/mol. The van der Waals surface area contributed by atoms with Gasteiger partial charge in [-0.3, -0.25) is 19.3 Å². The fourth-order valence-electron chi connectivity index (χ4n) is 4.08. The average Bonchev–Trinajstić information content (AvgIpc) is 3.15. The zero-order valence-corrected chi connectivity index (χ0v) is 21.7. The normalized spacial score (nSPS) is 17.3. The fourth-order valence-corrected chi connectivity index (χ4v) is 5.29. The molecule has 7 nitrogen and oxygen atoms in total. The maximum atomic E-state index is 13.0. The highest BCUT2D eigenvalue weighted by atomic mass is 79.9. The highest BCUT2D eigenvalue weighted by Gasteiger charge is 2.37. The Balaban J connectivity index is 1.32. The standard InChI is InChI=1S/C27H23BrN2O5S/c28-22-7-8-23(35-17-18-5-6-19-3-1-2-4-20(19)13-18)21(14-22)15-24-26(32)30(27(33)36-24)16-25(31)29-9-11-34-12-10-29/h1-8,13-15H,9-12,16-17H2/b24-15+. The molecule has 0 unspecified atom stereocenters. The topological polar surface area (TPSA) is 76.2 Å². The van der Waals surface area contributed by atoms with E-state index < -0.39 is 11.1 Å². The number of nitrogens with zero attached hydrogens (tertiary/aromatic N) is 2. The maximum absolute atomic E-state index is 13.0. The Morgan fingerprint density at radius 2 is 1.81 bits per heavy atom. The zero-order chi connectivity index (χ0) is 25.1. The minimum absolute atomic E-state index is 0.253. The summed E-state index contributed by atoms with van der Waals surface area (Å²) in [6, 6.07) is 19.8. The van der Waals surface area contributed by atoms with Crippen molar-refractivity contribution in [2.45, 2.75) is 6.61 Å². The Labute approximate surface area is 221 Å². The molecule has 0 spiro atoms. The summed E-state index contributed by atoms with van der Waals surface area (Å²) in [6.45, 7) is 1.91. The first kappa shape index (κ1) is 24.5. The van der Waals surface area contributed by atoms with E-state index in [1.54, 1.807) is 11.0 Å². The van der Waals surface area contributed by atoms with Crippen LogP contribution in [0.2, 0.25) is 0 Å². The van der Waals surface area contributed by atoms with Crippen LogP contribution in [-0.4, -0.2) is 59.7 Å². The van der Waals surface area contributed by atoms with Crippen molar-refractivity contribution >= 4 is 61.6 Å². The molecule has 2 saturated heterocycles. The largest absolute Gasteiger partial charge is 0.488 e. The lowest BCUT2D eigenvalue weighted by Crippen LogP contribution is -2.46. The van der Waals surface area contributed by atoms with E-state index in [0.29, 0.717) is 44.2 Å². The lowest BCUT2D eigenvalue weighted by molar-refractivity contribution is -0.139. The highest BCUT2D eigenvalue weighted by molar-refractivity contribution is 9.10. The van der Waals surface area contributed by atoms with E-state index in [1.165, 1.54) is 0 Å². The van der Waals surface area contributed by atoms with Crippen LogP contribution in [0.5, 0.6) is 5.75 Å². The summed E-state index contributed by atoms with van der Waals surface area (Å²) in [4.78, 5) is 41.0. The number of morpholine rings is 1. The Bertz CT molecular complexity index is 1370. The molecule has 2 aliphatic rings. The van der Waals surface area contributed by atoms with Gasteiger partial charge in [-0.2, -0.15) is 0 Å². The third kappa shape index (κ3) is 5.48. The summed E-state index contributed by atoms with van der Waals surface area (Å²) < 4.78 is 12.2. The summed E-state index contributed by atoms with van der Waals surface area (Å²) in [5.74, 6) is -0.154. The van der Waals surface area contributed by atoms with E-state index in [2.05, 4.69) is 40.2 Å². The van der Waals surface area contributed by atoms with E-state index in [0.717, 1.165) is 37.5 Å². The van der Waals surface area contributed by atoms with Crippen molar-refractivity contribution in [1.82, 2.24) is 9.80 Å². The van der Waals surface area contributed by atoms with E-state index in [4.69, 9.17) is 9.47 Å². The molecule has 3 amide bonds. The molecule has 2 aliphatic heterocycles. The smallest absolute Gasteiger partial charge is 0.294 e. The van der Waals surface area contributed by atoms with Crippen molar-refractivity contribution in [1.29, 1.82) is 0 Å². The number of carbonyl (C=O) groups excluding carboxylic acids is 3. The lowest BCUT2D eigenvalue weighted by atomic mass is 10.1. The van der Waals surface area contributed by atoms with Gasteiger partial charge in [0.15, 0.2) is 0 Å². The molecule has 0 atom stereocenters. The number of benzene rings is 3. The Hall–Kier alpha value is -3.14. The van der Waals surface area contributed by atoms with Gasteiger partial charge in [0.2, 0.25) is 5.91 Å². The van der Waals surface area contributed by atoms with E-state index in [1.807, 2.05) is 36.4 Å². The zero-order valence-electron chi connectivity index (χ0n) is 19.3. The number of hydrogen-bond donors (Lipinski definition) is 0. The molecule has 5 rings (SSSR count). The number of hydrogen-bond acceptors (Lipinski definition) is 6. The molecule has 2 heterocycles. The third-order valence-corrected chi connectivity index (χ3v) is 7.40. The molecule has 184 valence electrons. The first-order valence-corrected chi connectivity index (χ1v) is 13.1. The van der Waals surface area contributed by atoms with Crippen molar-refractivity contribution < 1.29 is 23.9 Å². The Morgan fingerprint density at radius 3 is 2.61 bits per heavy atom. The maximum Gasteiger partial charge on any atom is 0.294 e. The molecule has 0 bridgehead atoms. The van der Waals surface area contributed by atoms with Crippen molar-refractivity contribution in [3.63, 3.8) is 0 Å². The van der Waals surface area contributed by atoms with Gasteiger partial charge in [0.25, 0.3) is 11.1 Å². The van der Waals surface area contributed by atoms with Gasteiger partial charge in [-0.25, -0.2) is 0 Å². The first-order chi connectivity index (χ1) is 17.5. The molecule has 0 aromatic heterocycles. The minimum atomic E-state index is -0.480. The second-order valence-corrected chi connectivity index (χ2v) is 10.3. The number of amides is 3. The van der Waals surface area contributed by atoms with Gasteiger partial charge in [-0.15, -0.1) is 0 Å². The highest BCUT2D eigenvalue weighted by Crippen LogP contribution is 2.35. The molecular formula is C27H23BrN2O5S. The lowest BCUT2D eigenvalue weighted by Gasteiger charge is -2.28. The number of carbonyl (C=O) groups is 3. The molecule has 9 heteroatoms. The van der Waals surface area contributed by atoms with Crippen LogP contribution >= 0.6 is 27.7 Å². The van der Waals surface area contributed by atoms with Crippen LogP contribution < -0.4 is 4.74 Å². The number of rotatable bonds is 6. The van der Waals surface area contributed by atoms with Crippen molar-refractivity contribution in [3.8, 4) is 5.75 Å². The molecule has 36 heavy (non-hydrogen) atoms. The summed E-state index contributed by atoms with van der Waals surface area (Å²) in [6.07, 6.45) is 1.64. The molecular weight excluding hydrogens is 544 g/mol. The van der Waals surface area contributed by atoms with Gasteiger partial charge >= 0.3 is 0 Å². The van der Waals surface area contributed by atoms with Crippen LogP contribution in [-0.2, 0) is 20.9 Å². The van der Waals surface area contributed by atoms with Crippen LogP contribution in [0.3, 0.4) is 0 Å².